The van der Waals surface area contributed by atoms with Gasteiger partial charge < -0.3 is 10.6 Å². The lowest BCUT2D eigenvalue weighted by Crippen LogP contribution is -2.43. The van der Waals surface area contributed by atoms with Gasteiger partial charge in [-0.1, -0.05) is 37.3 Å². The summed E-state index contributed by atoms with van der Waals surface area (Å²) in [4.78, 5) is 0. The second-order valence-corrected chi connectivity index (χ2v) is 6.78. The molecule has 1 aromatic rings. The molecule has 19 heavy (non-hydrogen) atoms. The molecule has 1 aliphatic rings. The van der Waals surface area contributed by atoms with E-state index < -0.39 is 0 Å². The highest BCUT2D eigenvalue weighted by Crippen LogP contribution is 2.53. The van der Waals surface area contributed by atoms with Crippen molar-refractivity contribution in [2.75, 3.05) is 13.1 Å². The molecule has 2 N–H and O–H groups in total. The zero-order valence-electron chi connectivity index (χ0n) is 12.8. The maximum atomic E-state index is 3.78. The van der Waals surface area contributed by atoms with Gasteiger partial charge in [0.15, 0.2) is 0 Å². The molecule has 106 valence electrons. The summed E-state index contributed by atoms with van der Waals surface area (Å²) < 4.78 is 0. The van der Waals surface area contributed by atoms with E-state index in [0.29, 0.717) is 11.5 Å². The molecule has 2 rings (SSSR count). The zero-order valence-corrected chi connectivity index (χ0v) is 12.8. The molecule has 0 saturated heterocycles. The minimum Gasteiger partial charge on any atom is -0.311 e. The molecule has 0 bridgehead atoms. The van der Waals surface area contributed by atoms with Gasteiger partial charge in [-0.3, -0.25) is 0 Å². The Hall–Kier alpha value is -0.860. The normalized spacial score (nSPS) is 26.4. The molecule has 1 aliphatic carbocycles. The highest BCUT2D eigenvalue weighted by molar-refractivity contribution is 5.33. The van der Waals surface area contributed by atoms with Crippen molar-refractivity contribution in [3.8, 4) is 0 Å². The summed E-state index contributed by atoms with van der Waals surface area (Å²) in [6, 6.07) is 10.9. The van der Waals surface area contributed by atoms with E-state index in [1.807, 2.05) is 0 Å². The summed E-state index contributed by atoms with van der Waals surface area (Å²) in [5.74, 6) is 0.702. The Balaban J connectivity index is 1.82. The minimum atomic E-state index is 0.212. The average molecular weight is 260 g/mol. The van der Waals surface area contributed by atoms with Crippen LogP contribution in [0.15, 0.2) is 30.3 Å². The third-order valence-electron chi connectivity index (χ3n) is 4.17. The van der Waals surface area contributed by atoms with Crippen LogP contribution >= 0.6 is 0 Å². The van der Waals surface area contributed by atoms with Crippen LogP contribution in [0.5, 0.6) is 0 Å². The van der Waals surface area contributed by atoms with Crippen molar-refractivity contribution in [3.63, 3.8) is 0 Å². The molecule has 0 amide bonds. The Morgan fingerprint density at radius 1 is 1.16 bits per heavy atom. The summed E-state index contributed by atoms with van der Waals surface area (Å²) in [5.41, 5.74) is 2.05. The second kappa shape index (κ2) is 5.64. The SMILES string of the molecule is CC[C@@]1(NCCNC(C)(C)C)CC1c1ccccc1. The highest BCUT2D eigenvalue weighted by atomic mass is 15.1. The first-order valence-corrected chi connectivity index (χ1v) is 7.52. The predicted molar refractivity (Wildman–Crippen MR) is 82.6 cm³/mol. The number of rotatable bonds is 6. The Morgan fingerprint density at radius 3 is 2.42 bits per heavy atom. The first-order chi connectivity index (χ1) is 8.97. The molecule has 2 heteroatoms. The van der Waals surface area contributed by atoms with E-state index in [0.717, 1.165) is 13.1 Å². The Kier molecular flexibility index (Phi) is 4.32. The van der Waals surface area contributed by atoms with Crippen molar-refractivity contribution in [2.45, 2.75) is 57.5 Å². The molecule has 1 saturated carbocycles. The third kappa shape index (κ3) is 3.80. The summed E-state index contributed by atoms with van der Waals surface area (Å²) in [7, 11) is 0. The van der Waals surface area contributed by atoms with E-state index in [1.54, 1.807) is 0 Å². The smallest absolute Gasteiger partial charge is 0.0255 e. The molecule has 0 heterocycles. The van der Waals surface area contributed by atoms with Gasteiger partial charge in [-0.15, -0.1) is 0 Å². The molecule has 1 unspecified atom stereocenters. The maximum absolute atomic E-state index is 3.78. The molecular formula is C17H28N2. The molecule has 0 radical (unpaired) electrons. The monoisotopic (exact) mass is 260 g/mol. The fourth-order valence-electron chi connectivity index (χ4n) is 2.89. The van der Waals surface area contributed by atoms with E-state index >= 15 is 0 Å². The summed E-state index contributed by atoms with van der Waals surface area (Å²) in [6.45, 7) is 11.0. The predicted octanol–water partition coefficient (Wildman–Crippen LogP) is 3.30. The van der Waals surface area contributed by atoms with Crippen LogP contribution in [0.2, 0.25) is 0 Å². The van der Waals surface area contributed by atoms with Gasteiger partial charge in [0.25, 0.3) is 0 Å². The average Bonchev–Trinajstić information content (AvgIpc) is 3.10. The largest absolute Gasteiger partial charge is 0.311 e. The highest BCUT2D eigenvalue weighted by Gasteiger charge is 2.52. The Bertz CT molecular complexity index is 393. The van der Waals surface area contributed by atoms with Crippen LogP contribution in [0.25, 0.3) is 0 Å². The van der Waals surface area contributed by atoms with Crippen LogP contribution in [0.3, 0.4) is 0 Å². The maximum Gasteiger partial charge on any atom is 0.0255 e. The van der Waals surface area contributed by atoms with Crippen LogP contribution in [0.1, 0.15) is 52.0 Å². The van der Waals surface area contributed by atoms with Gasteiger partial charge in [0.2, 0.25) is 0 Å². The molecule has 2 atom stereocenters. The van der Waals surface area contributed by atoms with Crippen molar-refractivity contribution in [1.82, 2.24) is 10.6 Å². The van der Waals surface area contributed by atoms with Crippen LogP contribution in [0, 0.1) is 0 Å². The first kappa shape index (κ1) is 14.5. The van der Waals surface area contributed by atoms with Crippen molar-refractivity contribution in [1.29, 1.82) is 0 Å². The van der Waals surface area contributed by atoms with E-state index in [9.17, 15) is 0 Å². The summed E-state index contributed by atoms with van der Waals surface area (Å²) >= 11 is 0. The number of nitrogens with one attached hydrogen (secondary N) is 2. The second-order valence-electron chi connectivity index (χ2n) is 6.78. The molecular weight excluding hydrogens is 232 g/mol. The topological polar surface area (TPSA) is 24.1 Å². The van der Waals surface area contributed by atoms with Crippen LogP contribution < -0.4 is 10.6 Å². The van der Waals surface area contributed by atoms with Gasteiger partial charge in [0.1, 0.15) is 0 Å². The van der Waals surface area contributed by atoms with Crippen molar-refractivity contribution in [3.05, 3.63) is 35.9 Å². The van der Waals surface area contributed by atoms with E-state index in [1.165, 1.54) is 18.4 Å². The van der Waals surface area contributed by atoms with Crippen molar-refractivity contribution >= 4 is 0 Å². The number of hydrogen-bond acceptors (Lipinski definition) is 2. The molecule has 0 aromatic heterocycles. The number of hydrogen-bond donors (Lipinski definition) is 2. The molecule has 1 fully saturated rings. The summed E-state index contributed by atoms with van der Waals surface area (Å²) in [6.07, 6.45) is 2.49. The van der Waals surface area contributed by atoms with Gasteiger partial charge in [-0.05, 0) is 39.2 Å². The standard InChI is InChI=1S/C17H28N2/c1-5-17(19-12-11-18-16(2,3)4)13-15(17)14-9-7-6-8-10-14/h6-10,15,18-19H,5,11-13H2,1-4H3/t15?,17-/m1/s1. The van der Waals surface area contributed by atoms with Gasteiger partial charge in [-0.25, -0.2) is 0 Å². The van der Waals surface area contributed by atoms with E-state index in [4.69, 9.17) is 0 Å². The van der Waals surface area contributed by atoms with Gasteiger partial charge in [-0.2, -0.15) is 0 Å². The molecule has 0 spiro atoms. The first-order valence-electron chi connectivity index (χ1n) is 7.52. The van der Waals surface area contributed by atoms with Gasteiger partial charge in [0.05, 0.1) is 0 Å². The third-order valence-corrected chi connectivity index (χ3v) is 4.17. The quantitative estimate of drug-likeness (QED) is 0.767. The van der Waals surface area contributed by atoms with Crippen LogP contribution in [-0.2, 0) is 0 Å². The van der Waals surface area contributed by atoms with Crippen molar-refractivity contribution in [2.24, 2.45) is 0 Å². The van der Waals surface area contributed by atoms with Gasteiger partial charge in [0, 0.05) is 30.1 Å². The Morgan fingerprint density at radius 2 is 1.84 bits per heavy atom. The minimum absolute atomic E-state index is 0.212. The Labute approximate surface area is 118 Å². The zero-order chi connectivity index (χ0) is 13.9. The van der Waals surface area contributed by atoms with Crippen molar-refractivity contribution < 1.29 is 0 Å². The lowest BCUT2D eigenvalue weighted by molar-refractivity contribution is 0.397. The number of benzene rings is 1. The fourth-order valence-corrected chi connectivity index (χ4v) is 2.89. The van der Waals surface area contributed by atoms with E-state index in [2.05, 4.69) is 68.7 Å². The summed E-state index contributed by atoms with van der Waals surface area (Å²) in [5, 5.41) is 7.32. The lowest BCUT2D eigenvalue weighted by Gasteiger charge is -2.23. The van der Waals surface area contributed by atoms with Crippen LogP contribution in [0.4, 0.5) is 0 Å². The fraction of sp³-hybridized carbons (Fsp3) is 0.647. The van der Waals surface area contributed by atoms with E-state index in [-0.39, 0.29) is 5.54 Å². The van der Waals surface area contributed by atoms with Crippen LogP contribution in [-0.4, -0.2) is 24.2 Å². The molecule has 1 aromatic carbocycles. The molecule has 0 aliphatic heterocycles. The van der Waals surface area contributed by atoms with Gasteiger partial charge >= 0.3 is 0 Å². The lowest BCUT2D eigenvalue weighted by atomic mass is 10.0. The molecule has 2 nitrogen and oxygen atoms in total.